The first-order valence-corrected chi connectivity index (χ1v) is 6.63. The van der Waals surface area contributed by atoms with E-state index in [0.29, 0.717) is 22.9 Å². The molecule has 0 aliphatic heterocycles. The van der Waals surface area contributed by atoms with E-state index in [1.54, 1.807) is 25.1 Å². The fraction of sp³-hybridized carbons (Fsp3) is 0.462. The maximum absolute atomic E-state index is 11.6. The van der Waals surface area contributed by atoms with E-state index in [2.05, 4.69) is 5.32 Å². The maximum Gasteiger partial charge on any atom is 0.221 e. The van der Waals surface area contributed by atoms with Gasteiger partial charge >= 0.3 is 0 Å². The Morgan fingerprint density at radius 3 is 2.32 bits per heavy atom. The van der Waals surface area contributed by atoms with Crippen LogP contribution in [0.1, 0.15) is 25.8 Å². The van der Waals surface area contributed by atoms with Crippen molar-refractivity contribution in [3.63, 3.8) is 0 Å². The predicted octanol–water partition coefficient (Wildman–Crippen LogP) is 3.20. The van der Waals surface area contributed by atoms with Crippen molar-refractivity contribution >= 4 is 41.5 Å². The van der Waals surface area contributed by atoms with Gasteiger partial charge in [0.05, 0.1) is 0 Å². The first-order chi connectivity index (χ1) is 8.40. The zero-order valence-electron chi connectivity index (χ0n) is 11.0. The number of hydrogen-bond donors (Lipinski definition) is 2. The lowest BCUT2D eigenvalue weighted by Crippen LogP contribution is -2.37. The zero-order valence-corrected chi connectivity index (χ0v) is 13.3. The van der Waals surface area contributed by atoms with E-state index >= 15 is 0 Å². The van der Waals surface area contributed by atoms with E-state index in [-0.39, 0.29) is 30.4 Å². The smallest absolute Gasteiger partial charge is 0.221 e. The van der Waals surface area contributed by atoms with Crippen LogP contribution in [0.5, 0.6) is 0 Å². The topological polar surface area (TPSA) is 55.1 Å². The minimum Gasteiger partial charge on any atom is -0.353 e. The van der Waals surface area contributed by atoms with Crippen molar-refractivity contribution in [2.24, 2.45) is 5.73 Å². The summed E-state index contributed by atoms with van der Waals surface area (Å²) in [6, 6.07) is 5.21. The van der Waals surface area contributed by atoms with Crippen molar-refractivity contribution in [2.75, 3.05) is 0 Å². The highest BCUT2D eigenvalue weighted by molar-refractivity contribution is 6.36. The van der Waals surface area contributed by atoms with Crippen LogP contribution in [-0.4, -0.2) is 18.0 Å². The molecule has 0 spiro atoms. The molecule has 0 aromatic heterocycles. The highest BCUT2D eigenvalue weighted by atomic mass is 35.5. The molecule has 3 nitrogen and oxygen atoms in total. The summed E-state index contributed by atoms with van der Waals surface area (Å²) >= 11 is 12.2. The molecule has 1 aromatic carbocycles. The second-order valence-electron chi connectivity index (χ2n) is 4.55. The molecule has 0 saturated carbocycles. The molecule has 0 radical (unpaired) electrons. The Kier molecular flexibility index (Phi) is 8.42. The molecule has 1 aromatic rings. The van der Waals surface area contributed by atoms with Gasteiger partial charge < -0.3 is 11.1 Å². The van der Waals surface area contributed by atoms with Gasteiger partial charge in [-0.25, -0.2) is 0 Å². The molecule has 1 rings (SSSR count). The Hall–Kier alpha value is -0.480. The Morgan fingerprint density at radius 2 is 1.84 bits per heavy atom. The largest absolute Gasteiger partial charge is 0.353 e. The summed E-state index contributed by atoms with van der Waals surface area (Å²) in [6.45, 7) is 3.72. The molecule has 19 heavy (non-hydrogen) atoms. The van der Waals surface area contributed by atoms with Crippen LogP contribution in [-0.2, 0) is 11.2 Å². The van der Waals surface area contributed by atoms with Gasteiger partial charge in [-0.3, -0.25) is 4.79 Å². The molecule has 6 heteroatoms. The van der Waals surface area contributed by atoms with E-state index < -0.39 is 0 Å². The standard InChI is InChI=1S/C13H18Cl2N2O.ClH/c1-8(16)6-13(18)17-9(2)7-10-11(14)4-3-5-12(10)15;/h3-5,8-9H,6-7,16H2,1-2H3,(H,17,18);1H. The monoisotopic (exact) mass is 324 g/mol. The van der Waals surface area contributed by atoms with Crippen molar-refractivity contribution in [2.45, 2.75) is 38.8 Å². The molecule has 108 valence electrons. The minimum absolute atomic E-state index is 0. The maximum atomic E-state index is 11.6. The fourth-order valence-corrected chi connectivity index (χ4v) is 2.26. The van der Waals surface area contributed by atoms with Gasteiger partial charge in [0.1, 0.15) is 0 Å². The second-order valence-corrected chi connectivity index (χ2v) is 5.37. The highest BCUT2D eigenvalue weighted by Gasteiger charge is 2.13. The van der Waals surface area contributed by atoms with Crippen molar-refractivity contribution in [3.8, 4) is 0 Å². The summed E-state index contributed by atoms with van der Waals surface area (Å²) in [5.41, 5.74) is 6.42. The number of carbonyl (C=O) groups is 1. The van der Waals surface area contributed by atoms with Crippen LogP contribution in [0.4, 0.5) is 0 Å². The molecular weight excluding hydrogens is 307 g/mol. The van der Waals surface area contributed by atoms with Crippen molar-refractivity contribution in [1.29, 1.82) is 0 Å². The number of nitrogens with two attached hydrogens (primary N) is 1. The number of carbonyl (C=O) groups excluding carboxylic acids is 1. The molecule has 0 aliphatic carbocycles. The van der Waals surface area contributed by atoms with Gasteiger partial charge in [-0.05, 0) is 38.0 Å². The van der Waals surface area contributed by atoms with Crippen LogP contribution < -0.4 is 11.1 Å². The van der Waals surface area contributed by atoms with E-state index in [1.165, 1.54) is 0 Å². The molecule has 0 bridgehead atoms. The highest BCUT2D eigenvalue weighted by Crippen LogP contribution is 2.25. The van der Waals surface area contributed by atoms with E-state index in [4.69, 9.17) is 28.9 Å². The van der Waals surface area contributed by atoms with Crippen LogP contribution in [0.3, 0.4) is 0 Å². The van der Waals surface area contributed by atoms with Gasteiger partial charge in [0.15, 0.2) is 0 Å². The Bertz CT molecular complexity index is 404. The van der Waals surface area contributed by atoms with Gasteiger partial charge in [0.25, 0.3) is 0 Å². The Labute approximate surface area is 130 Å². The van der Waals surface area contributed by atoms with Gasteiger partial charge in [0.2, 0.25) is 5.91 Å². The summed E-state index contributed by atoms with van der Waals surface area (Å²) in [6.07, 6.45) is 0.920. The summed E-state index contributed by atoms with van der Waals surface area (Å²) in [7, 11) is 0. The number of halogens is 3. The third kappa shape index (κ3) is 6.48. The number of benzene rings is 1. The summed E-state index contributed by atoms with van der Waals surface area (Å²) < 4.78 is 0. The summed E-state index contributed by atoms with van der Waals surface area (Å²) in [5, 5.41) is 4.12. The lowest BCUT2D eigenvalue weighted by molar-refractivity contribution is -0.121. The SMILES string of the molecule is CC(N)CC(=O)NC(C)Cc1c(Cl)cccc1Cl.Cl. The van der Waals surface area contributed by atoms with Crippen molar-refractivity contribution in [1.82, 2.24) is 5.32 Å². The van der Waals surface area contributed by atoms with Gasteiger partial charge in [-0.1, -0.05) is 29.3 Å². The Morgan fingerprint density at radius 1 is 1.32 bits per heavy atom. The first-order valence-electron chi connectivity index (χ1n) is 5.88. The number of amides is 1. The average Bonchev–Trinajstić information content (AvgIpc) is 2.22. The summed E-state index contributed by atoms with van der Waals surface area (Å²) in [4.78, 5) is 11.6. The average molecular weight is 326 g/mol. The predicted molar refractivity (Wildman–Crippen MR) is 83.3 cm³/mol. The molecule has 2 unspecified atom stereocenters. The van der Waals surface area contributed by atoms with Gasteiger partial charge in [-0.2, -0.15) is 0 Å². The van der Waals surface area contributed by atoms with E-state index in [0.717, 1.165) is 5.56 Å². The van der Waals surface area contributed by atoms with Crippen LogP contribution in [0, 0.1) is 0 Å². The van der Waals surface area contributed by atoms with E-state index in [9.17, 15) is 4.79 Å². The van der Waals surface area contributed by atoms with Crippen molar-refractivity contribution in [3.05, 3.63) is 33.8 Å². The molecule has 0 aliphatic rings. The van der Waals surface area contributed by atoms with Gasteiger partial charge in [-0.15, -0.1) is 12.4 Å². The number of rotatable bonds is 5. The molecule has 3 N–H and O–H groups in total. The van der Waals surface area contributed by atoms with Gasteiger partial charge in [0, 0.05) is 28.5 Å². The molecular formula is C13H19Cl3N2O. The van der Waals surface area contributed by atoms with Crippen molar-refractivity contribution < 1.29 is 4.79 Å². The van der Waals surface area contributed by atoms with Crippen LogP contribution in [0.25, 0.3) is 0 Å². The lowest BCUT2D eigenvalue weighted by Gasteiger charge is -2.16. The quantitative estimate of drug-likeness (QED) is 0.873. The third-order valence-electron chi connectivity index (χ3n) is 2.49. The molecule has 1 amide bonds. The Balaban J connectivity index is 0.00000324. The van der Waals surface area contributed by atoms with Crippen LogP contribution >= 0.6 is 35.6 Å². The van der Waals surface area contributed by atoms with Crippen LogP contribution in [0.2, 0.25) is 10.0 Å². The first kappa shape index (κ1) is 18.5. The fourth-order valence-electron chi connectivity index (χ4n) is 1.71. The minimum atomic E-state index is -0.138. The number of hydrogen-bond acceptors (Lipinski definition) is 2. The molecule has 0 saturated heterocycles. The normalized spacial score (nSPS) is 13.3. The molecule has 0 heterocycles. The summed E-state index contributed by atoms with van der Waals surface area (Å²) in [5.74, 6) is -0.0549. The van der Waals surface area contributed by atoms with E-state index in [1.807, 2.05) is 6.92 Å². The third-order valence-corrected chi connectivity index (χ3v) is 3.19. The zero-order chi connectivity index (χ0) is 13.7. The molecule has 0 fully saturated rings. The lowest BCUT2D eigenvalue weighted by atomic mass is 10.1. The number of nitrogens with one attached hydrogen (secondary N) is 1. The van der Waals surface area contributed by atoms with Crippen LogP contribution in [0.15, 0.2) is 18.2 Å². The molecule has 2 atom stereocenters. The second kappa shape index (κ2) is 8.64.